The van der Waals surface area contributed by atoms with E-state index in [2.05, 4.69) is 84.0 Å². The fraction of sp³-hybridized carbons (Fsp3) is 0.457. The van der Waals surface area contributed by atoms with Gasteiger partial charge in [0, 0.05) is 55.4 Å². The molecule has 7 rings (SSSR count). The van der Waals surface area contributed by atoms with E-state index in [4.69, 9.17) is 9.72 Å². The van der Waals surface area contributed by atoms with Gasteiger partial charge in [-0.15, -0.1) is 0 Å². The molecule has 13 heteroatoms. The Morgan fingerprint density at radius 2 is 1.67 bits per heavy atom. The van der Waals surface area contributed by atoms with E-state index in [-0.39, 0.29) is 0 Å². The maximum Gasteiger partial charge on any atom is 0.229 e. The lowest BCUT2D eigenvalue weighted by Gasteiger charge is -2.47. The number of fused-ring (bicyclic) bond motifs is 1. The number of hydrogen-bond donors (Lipinski definition) is 2. The molecule has 0 bridgehead atoms. The fourth-order valence-corrected chi connectivity index (χ4v) is 7.92. The van der Waals surface area contributed by atoms with Gasteiger partial charge in [-0.25, -0.2) is 4.98 Å². The molecule has 2 aromatic carbocycles. The van der Waals surface area contributed by atoms with Crippen LogP contribution in [-0.4, -0.2) is 82.8 Å². The Labute approximate surface area is 294 Å². The van der Waals surface area contributed by atoms with Crippen molar-refractivity contribution >= 4 is 61.8 Å². The van der Waals surface area contributed by atoms with Gasteiger partial charge in [0.25, 0.3) is 0 Å². The number of halogens is 1. The number of anilines is 6. The first-order valence-electron chi connectivity index (χ1n) is 16.6. The summed E-state index contributed by atoms with van der Waals surface area (Å²) < 4.78 is 22.7. The molecule has 2 aliphatic heterocycles. The maximum absolute atomic E-state index is 12.4. The number of aromatic nitrogens is 4. The summed E-state index contributed by atoms with van der Waals surface area (Å²) in [6.07, 6.45) is 14.4. The van der Waals surface area contributed by atoms with Gasteiger partial charge in [0.2, 0.25) is 5.95 Å². The SMILES string of the molecule is COc1cc(N2CCC3(CCN(C)CC3)CC2)c(-c2cnn(C)c2)cc1Nc1ncc(Br)c(Nc2cc3c(cc2N(C)[S+](C)[O-])CC3)n1. The fourth-order valence-electron chi connectivity index (χ4n) is 7.20. The van der Waals surface area contributed by atoms with Crippen LogP contribution < -0.4 is 24.6 Å². The minimum absolute atomic E-state index is 0.420. The van der Waals surface area contributed by atoms with Crippen molar-refractivity contribution in [2.75, 3.05) is 73.5 Å². The number of methoxy groups -OCH3 is 1. The third-order valence-corrected chi connectivity index (χ3v) is 12.0. The number of benzene rings is 2. The first-order valence-corrected chi connectivity index (χ1v) is 18.9. The van der Waals surface area contributed by atoms with E-state index in [1.165, 1.54) is 49.9 Å². The van der Waals surface area contributed by atoms with Crippen molar-refractivity contribution < 1.29 is 9.29 Å². The largest absolute Gasteiger partial charge is 0.593 e. The van der Waals surface area contributed by atoms with Crippen molar-refractivity contribution in [1.29, 1.82) is 0 Å². The van der Waals surface area contributed by atoms with Crippen molar-refractivity contribution in [1.82, 2.24) is 24.6 Å². The van der Waals surface area contributed by atoms with Crippen molar-refractivity contribution in [2.24, 2.45) is 12.5 Å². The molecule has 4 heterocycles. The minimum atomic E-state index is -1.17. The van der Waals surface area contributed by atoms with E-state index >= 15 is 0 Å². The number of hydrogen-bond acceptors (Lipinski definition) is 10. The highest BCUT2D eigenvalue weighted by Gasteiger charge is 2.37. The number of rotatable bonds is 9. The van der Waals surface area contributed by atoms with Gasteiger partial charge in [-0.05, 0) is 109 Å². The molecular formula is C35H44BrN9O2S. The molecule has 48 heavy (non-hydrogen) atoms. The van der Waals surface area contributed by atoms with Gasteiger partial charge < -0.3 is 29.7 Å². The molecule has 0 radical (unpaired) electrons. The van der Waals surface area contributed by atoms with Crippen LogP contribution in [0.15, 0.2) is 47.3 Å². The Kier molecular flexibility index (Phi) is 9.22. The molecule has 1 aliphatic carbocycles. The van der Waals surface area contributed by atoms with E-state index in [9.17, 15) is 4.55 Å². The third-order valence-electron chi connectivity index (χ3n) is 10.5. The van der Waals surface area contributed by atoms with E-state index in [0.29, 0.717) is 21.7 Å². The molecule has 2 aromatic heterocycles. The monoisotopic (exact) mass is 733 g/mol. The van der Waals surface area contributed by atoms with Crippen LogP contribution in [0.1, 0.15) is 36.8 Å². The topological polar surface area (TPSA) is 110 Å². The highest BCUT2D eigenvalue weighted by atomic mass is 79.9. The Morgan fingerprint density at radius 3 is 2.31 bits per heavy atom. The summed E-state index contributed by atoms with van der Waals surface area (Å²) in [7, 11) is 7.73. The lowest BCUT2D eigenvalue weighted by molar-refractivity contribution is 0.0945. The molecule has 1 unspecified atom stereocenters. The van der Waals surface area contributed by atoms with Crippen molar-refractivity contribution in [3.05, 3.63) is 58.5 Å². The second-order valence-electron chi connectivity index (χ2n) is 13.5. The van der Waals surface area contributed by atoms with E-state index in [1.54, 1.807) is 23.9 Å². The quantitative estimate of drug-likeness (QED) is 0.191. The first kappa shape index (κ1) is 33.0. The van der Waals surface area contributed by atoms with Crippen molar-refractivity contribution in [3.63, 3.8) is 0 Å². The summed E-state index contributed by atoms with van der Waals surface area (Å²) in [6.45, 7) is 4.41. The summed E-state index contributed by atoms with van der Waals surface area (Å²) in [6, 6.07) is 8.53. The van der Waals surface area contributed by atoms with Crippen molar-refractivity contribution in [3.8, 4) is 16.9 Å². The van der Waals surface area contributed by atoms with E-state index < -0.39 is 11.4 Å². The van der Waals surface area contributed by atoms with E-state index in [0.717, 1.165) is 65.6 Å². The zero-order valence-corrected chi connectivity index (χ0v) is 30.7. The molecule has 11 nitrogen and oxygen atoms in total. The van der Waals surface area contributed by atoms with Gasteiger partial charge in [-0.2, -0.15) is 14.4 Å². The molecule has 2 N–H and O–H groups in total. The van der Waals surface area contributed by atoms with Crippen LogP contribution in [0, 0.1) is 5.41 Å². The Balaban J connectivity index is 1.19. The summed E-state index contributed by atoms with van der Waals surface area (Å²) >= 11 is 2.46. The maximum atomic E-state index is 12.4. The molecule has 2 saturated heterocycles. The third kappa shape index (κ3) is 6.57. The molecule has 3 aliphatic rings. The second-order valence-corrected chi connectivity index (χ2v) is 15.7. The normalized spacial score (nSPS) is 17.9. The minimum Gasteiger partial charge on any atom is -0.593 e. The molecule has 1 atom stereocenters. The highest BCUT2D eigenvalue weighted by Crippen LogP contribution is 2.46. The van der Waals surface area contributed by atoms with Gasteiger partial charge >= 0.3 is 0 Å². The number of aryl methyl sites for hydroxylation is 3. The Morgan fingerprint density at radius 1 is 0.958 bits per heavy atom. The van der Waals surface area contributed by atoms with Gasteiger partial charge in [-0.1, -0.05) is 0 Å². The molecule has 2 fully saturated rings. The second kappa shape index (κ2) is 13.4. The summed E-state index contributed by atoms with van der Waals surface area (Å²) in [5.41, 5.74) is 8.81. The Bertz CT molecular complexity index is 1800. The van der Waals surface area contributed by atoms with Crippen LogP contribution in [0.5, 0.6) is 5.75 Å². The number of nitrogens with one attached hydrogen (secondary N) is 2. The van der Waals surface area contributed by atoms with Crippen LogP contribution in [0.4, 0.5) is 34.5 Å². The van der Waals surface area contributed by atoms with Crippen LogP contribution in [0.25, 0.3) is 11.1 Å². The number of nitrogens with zero attached hydrogens (tertiary/aromatic N) is 7. The lowest BCUT2D eigenvalue weighted by Crippen LogP contribution is -2.46. The average Bonchev–Trinajstić information content (AvgIpc) is 3.51. The summed E-state index contributed by atoms with van der Waals surface area (Å²) in [5, 5.41) is 11.4. The lowest BCUT2D eigenvalue weighted by atomic mass is 9.71. The highest BCUT2D eigenvalue weighted by molar-refractivity contribution is 9.10. The molecular weight excluding hydrogens is 690 g/mol. The molecule has 0 saturated carbocycles. The van der Waals surface area contributed by atoms with Crippen LogP contribution in [-0.2, 0) is 31.3 Å². The molecule has 254 valence electrons. The standard InChI is InChI=1S/C35H44BrN9O2S/c1-42-12-8-35(9-13-42)10-14-45(15-11-35)30-19-32(47-4)29(18-26(30)25-20-38-43(2)22-25)40-34-37-21-27(36)33(41-34)39-28-16-23-6-7-24(23)17-31(28)44(3)48(5)46/h16-22H,6-15H2,1-5H3,(H2,37,39,40,41). The van der Waals surface area contributed by atoms with Crippen LogP contribution in [0.2, 0.25) is 0 Å². The Hall–Kier alpha value is -3.52. The predicted octanol–water partition coefficient (Wildman–Crippen LogP) is 6.28. The van der Waals surface area contributed by atoms with Gasteiger partial charge in [0.1, 0.15) is 23.5 Å². The molecule has 0 amide bonds. The van der Waals surface area contributed by atoms with E-state index in [1.807, 2.05) is 25.0 Å². The van der Waals surface area contributed by atoms with Crippen molar-refractivity contribution in [2.45, 2.75) is 38.5 Å². The van der Waals surface area contributed by atoms with Crippen LogP contribution in [0.3, 0.4) is 0 Å². The summed E-state index contributed by atoms with van der Waals surface area (Å²) in [5.74, 6) is 1.74. The first-order chi connectivity index (χ1) is 23.1. The predicted molar refractivity (Wildman–Crippen MR) is 198 cm³/mol. The number of piperidine rings is 2. The zero-order chi connectivity index (χ0) is 33.6. The number of ether oxygens (including phenoxy) is 1. The zero-order valence-electron chi connectivity index (χ0n) is 28.3. The van der Waals surface area contributed by atoms with Gasteiger partial charge in [0.05, 0.1) is 47.6 Å². The molecule has 4 aromatic rings. The van der Waals surface area contributed by atoms with Gasteiger partial charge in [0.15, 0.2) is 0 Å². The summed E-state index contributed by atoms with van der Waals surface area (Å²) in [4.78, 5) is 14.4. The average molecular weight is 735 g/mol. The van der Waals surface area contributed by atoms with Gasteiger partial charge in [-0.3, -0.25) is 4.68 Å². The number of likely N-dealkylation sites (tertiary alicyclic amines) is 1. The molecule has 1 spiro atoms. The van der Waals surface area contributed by atoms with Crippen LogP contribution >= 0.6 is 15.9 Å². The smallest absolute Gasteiger partial charge is 0.229 e.